The van der Waals surface area contributed by atoms with E-state index in [1.807, 2.05) is 24.5 Å². The van der Waals surface area contributed by atoms with Crippen LogP contribution < -0.4 is 0 Å². The molecular formula is C52H35ClN2. The number of hydrogen-bond acceptors (Lipinski definition) is 2. The minimum Gasteiger partial charge on any atom is -0.256 e. The summed E-state index contributed by atoms with van der Waals surface area (Å²) in [5, 5.41) is 0.666. The monoisotopic (exact) mass is 722 g/mol. The first-order valence-corrected chi connectivity index (χ1v) is 18.8. The van der Waals surface area contributed by atoms with Crippen LogP contribution in [-0.4, -0.2) is 9.97 Å². The topological polar surface area (TPSA) is 25.8 Å². The summed E-state index contributed by atoms with van der Waals surface area (Å²) in [5.41, 5.74) is 17.0. The molecular weight excluding hydrogens is 688 g/mol. The normalized spacial score (nSPS) is 11.0. The third-order valence-electron chi connectivity index (χ3n) is 10.1. The zero-order chi connectivity index (χ0) is 37.0. The van der Waals surface area contributed by atoms with Crippen molar-refractivity contribution < 1.29 is 0 Å². The molecule has 0 amide bonds. The van der Waals surface area contributed by atoms with Gasteiger partial charge in [0, 0.05) is 39.7 Å². The molecule has 0 spiro atoms. The van der Waals surface area contributed by atoms with Crippen molar-refractivity contribution in [2.75, 3.05) is 0 Å². The SMILES string of the molecule is Clc1cc(-c2ccccc2-c2cnc(-c3ccccc3)cc2-c2ccccc2)cc(-c2ccccc2-c2cnc(-c3ccccc3)cc2-c2ccccc2)c1. The van der Waals surface area contributed by atoms with Crippen LogP contribution in [0.1, 0.15) is 0 Å². The lowest BCUT2D eigenvalue weighted by Gasteiger charge is -2.18. The molecule has 9 rings (SSSR count). The number of aromatic nitrogens is 2. The van der Waals surface area contributed by atoms with Gasteiger partial charge in [-0.2, -0.15) is 0 Å². The van der Waals surface area contributed by atoms with Gasteiger partial charge in [0.05, 0.1) is 11.4 Å². The highest BCUT2D eigenvalue weighted by atomic mass is 35.5. The van der Waals surface area contributed by atoms with E-state index >= 15 is 0 Å². The summed E-state index contributed by atoms with van der Waals surface area (Å²) in [6.07, 6.45) is 4.03. The molecule has 0 aliphatic heterocycles. The fraction of sp³-hybridized carbons (Fsp3) is 0. The van der Waals surface area contributed by atoms with Crippen LogP contribution in [0.4, 0.5) is 0 Å². The lowest BCUT2D eigenvalue weighted by Crippen LogP contribution is -1.94. The molecule has 9 aromatic rings. The van der Waals surface area contributed by atoms with Crippen LogP contribution in [0.15, 0.2) is 213 Å². The third-order valence-corrected chi connectivity index (χ3v) is 10.3. The van der Waals surface area contributed by atoms with Crippen molar-refractivity contribution in [2.45, 2.75) is 0 Å². The molecule has 0 bridgehead atoms. The highest BCUT2D eigenvalue weighted by molar-refractivity contribution is 6.31. The van der Waals surface area contributed by atoms with Crippen molar-refractivity contribution in [1.82, 2.24) is 9.97 Å². The highest BCUT2D eigenvalue weighted by Crippen LogP contribution is 2.43. The van der Waals surface area contributed by atoms with Gasteiger partial charge in [-0.1, -0.05) is 181 Å². The Morgan fingerprint density at radius 3 is 0.964 bits per heavy atom. The maximum atomic E-state index is 7.05. The number of nitrogens with zero attached hydrogens (tertiary/aromatic N) is 2. The van der Waals surface area contributed by atoms with E-state index < -0.39 is 0 Å². The van der Waals surface area contributed by atoms with Gasteiger partial charge in [-0.3, -0.25) is 9.97 Å². The number of halogens is 1. The molecule has 0 aliphatic rings. The van der Waals surface area contributed by atoms with Crippen molar-refractivity contribution in [2.24, 2.45) is 0 Å². The van der Waals surface area contributed by atoms with Crippen molar-refractivity contribution in [3.05, 3.63) is 218 Å². The number of pyridine rings is 2. The second-order valence-corrected chi connectivity index (χ2v) is 14.0. The molecule has 0 saturated carbocycles. The average Bonchev–Trinajstić information content (AvgIpc) is 3.27. The summed E-state index contributed by atoms with van der Waals surface area (Å²) in [7, 11) is 0. The molecule has 0 radical (unpaired) electrons. The molecule has 0 unspecified atom stereocenters. The van der Waals surface area contributed by atoms with Gasteiger partial charge in [-0.15, -0.1) is 0 Å². The molecule has 0 fully saturated rings. The summed E-state index contributed by atoms with van der Waals surface area (Å²) in [6, 6.07) is 69.7. The van der Waals surface area contributed by atoms with Gasteiger partial charge >= 0.3 is 0 Å². The van der Waals surface area contributed by atoms with E-state index in [1.54, 1.807) is 0 Å². The number of benzene rings is 7. The minimum atomic E-state index is 0.666. The Bertz CT molecular complexity index is 2560. The van der Waals surface area contributed by atoms with Crippen molar-refractivity contribution in [3.63, 3.8) is 0 Å². The molecule has 2 nitrogen and oxygen atoms in total. The van der Waals surface area contributed by atoms with E-state index in [4.69, 9.17) is 21.6 Å². The Hall–Kier alpha value is -6.87. The second-order valence-electron chi connectivity index (χ2n) is 13.5. The van der Waals surface area contributed by atoms with Crippen LogP contribution in [-0.2, 0) is 0 Å². The summed E-state index contributed by atoms with van der Waals surface area (Å²) in [4.78, 5) is 10.0. The summed E-state index contributed by atoms with van der Waals surface area (Å²) >= 11 is 7.05. The molecule has 3 heteroatoms. The molecule has 0 atom stereocenters. The van der Waals surface area contributed by atoms with E-state index in [0.717, 1.165) is 89.3 Å². The van der Waals surface area contributed by atoms with Crippen molar-refractivity contribution in [3.8, 4) is 89.3 Å². The molecule has 55 heavy (non-hydrogen) atoms. The van der Waals surface area contributed by atoms with E-state index in [9.17, 15) is 0 Å². The van der Waals surface area contributed by atoms with Crippen LogP contribution in [0.5, 0.6) is 0 Å². The zero-order valence-corrected chi connectivity index (χ0v) is 30.7. The first kappa shape index (κ1) is 33.9. The van der Waals surface area contributed by atoms with Crippen molar-refractivity contribution >= 4 is 11.6 Å². The Labute approximate surface area is 327 Å². The first-order valence-electron chi connectivity index (χ1n) is 18.4. The maximum Gasteiger partial charge on any atom is 0.0708 e. The Balaban J connectivity index is 1.19. The second kappa shape index (κ2) is 15.2. The molecule has 2 aromatic heterocycles. The van der Waals surface area contributed by atoms with Crippen LogP contribution in [0.2, 0.25) is 5.02 Å². The quantitative estimate of drug-likeness (QED) is 0.156. The van der Waals surface area contributed by atoms with Gasteiger partial charge in [0.25, 0.3) is 0 Å². The molecule has 7 aromatic carbocycles. The lowest BCUT2D eigenvalue weighted by molar-refractivity contribution is 1.32. The fourth-order valence-electron chi connectivity index (χ4n) is 7.43. The predicted molar refractivity (Wildman–Crippen MR) is 231 cm³/mol. The number of rotatable bonds is 8. The molecule has 260 valence electrons. The Morgan fingerprint density at radius 2 is 0.582 bits per heavy atom. The fourth-order valence-corrected chi connectivity index (χ4v) is 7.66. The summed E-state index contributed by atoms with van der Waals surface area (Å²) in [5.74, 6) is 0. The lowest BCUT2D eigenvalue weighted by atomic mass is 9.87. The molecule has 0 N–H and O–H groups in total. The first-order chi connectivity index (χ1) is 27.2. The van der Waals surface area contributed by atoms with Gasteiger partial charge in [0.1, 0.15) is 0 Å². The van der Waals surface area contributed by atoms with Crippen LogP contribution in [0.25, 0.3) is 89.3 Å². The smallest absolute Gasteiger partial charge is 0.0708 e. The Morgan fingerprint density at radius 1 is 0.255 bits per heavy atom. The third kappa shape index (κ3) is 7.00. The molecule has 0 saturated heterocycles. The maximum absolute atomic E-state index is 7.05. The van der Waals surface area contributed by atoms with Gasteiger partial charge in [0.2, 0.25) is 0 Å². The summed E-state index contributed by atoms with van der Waals surface area (Å²) < 4.78 is 0. The largest absolute Gasteiger partial charge is 0.256 e. The van der Waals surface area contributed by atoms with E-state index in [1.165, 1.54) is 0 Å². The van der Waals surface area contributed by atoms with Crippen LogP contribution in [0, 0.1) is 0 Å². The van der Waals surface area contributed by atoms with Crippen LogP contribution >= 0.6 is 11.6 Å². The van der Waals surface area contributed by atoms with Gasteiger partial charge in [-0.05, 0) is 86.0 Å². The zero-order valence-electron chi connectivity index (χ0n) is 30.0. The average molecular weight is 723 g/mol. The predicted octanol–water partition coefficient (Wildman–Crippen LogP) is 14.5. The minimum absolute atomic E-state index is 0.666. The van der Waals surface area contributed by atoms with Crippen LogP contribution in [0.3, 0.4) is 0 Å². The molecule has 0 aliphatic carbocycles. The van der Waals surface area contributed by atoms with E-state index in [2.05, 4.69) is 188 Å². The van der Waals surface area contributed by atoms with Gasteiger partial charge < -0.3 is 0 Å². The standard InChI is InChI=1S/C52H35ClN2/c53-42-30-40(43-25-13-15-27-45(43)49-34-54-51(38-21-9-3-10-22-38)32-47(49)36-17-5-1-6-18-36)29-41(31-42)44-26-14-16-28-46(44)50-35-55-52(39-23-11-4-12-24-39)33-48(50)37-19-7-2-8-20-37/h1-35H. The van der Waals surface area contributed by atoms with E-state index in [0.29, 0.717) is 5.02 Å². The Kier molecular flexibility index (Phi) is 9.40. The summed E-state index contributed by atoms with van der Waals surface area (Å²) in [6.45, 7) is 0. The highest BCUT2D eigenvalue weighted by Gasteiger charge is 2.18. The van der Waals surface area contributed by atoms with Gasteiger partial charge in [-0.25, -0.2) is 0 Å². The molecule has 2 heterocycles. The van der Waals surface area contributed by atoms with Gasteiger partial charge in [0.15, 0.2) is 0 Å². The van der Waals surface area contributed by atoms with Crippen molar-refractivity contribution in [1.29, 1.82) is 0 Å². The number of hydrogen-bond donors (Lipinski definition) is 0. The van der Waals surface area contributed by atoms with E-state index in [-0.39, 0.29) is 0 Å².